The molecule has 3 heterocycles. The molecule has 0 saturated heterocycles. The number of pyridine rings is 1. The molecule has 0 radical (unpaired) electrons. The van der Waals surface area contributed by atoms with Crippen LogP contribution in [-0.2, 0) is 26.5 Å². The first-order valence-electron chi connectivity index (χ1n) is 17.4. The summed E-state index contributed by atoms with van der Waals surface area (Å²) < 4.78 is 2.36. The number of rotatable bonds is 6. The van der Waals surface area contributed by atoms with Gasteiger partial charge in [0, 0.05) is 28.4 Å². The molecule has 1 atom stereocenters. The summed E-state index contributed by atoms with van der Waals surface area (Å²) in [7, 11) is 0. The molecule has 0 aliphatic carbocycles. The number of aliphatic imine (C=N–C) groups is 1. The molecular weight excluding hydrogens is 822 g/mol. The van der Waals surface area contributed by atoms with Crippen LogP contribution in [0.4, 0.5) is 0 Å². The summed E-state index contributed by atoms with van der Waals surface area (Å²) in [5.74, 6) is 1.11. The molecule has 5 heteroatoms. The number of benzene rings is 5. The Kier molecular flexibility index (Phi) is 9.69. The molecule has 0 unspecified atom stereocenters. The third-order valence-corrected chi connectivity index (χ3v) is 11.1. The summed E-state index contributed by atoms with van der Waals surface area (Å²) in [6.07, 6.45) is 1.92. The van der Waals surface area contributed by atoms with Gasteiger partial charge in [0.05, 0.1) is 6.04 Å². The Balaban J connectivity index is 0.00000406. The SMILES string of the molecule is Cc1ccc2c(c1)c1ccc(-c3cc(C(C)(C)C)ccn3)[c-]c1n2-c1[c-]c(C2=N[C@H](C(c3ccccc3)c3ccccc3)CS2)c(C)cc1C.[Pt+2]. The van der Waals surface area contributed by atoms with E-state index in [2.05, 4.69) is 167 Å². The Bertz CT molecular complexity index is 2360. The van der Waals surface area contributed by atoms with Gasteiger partial charge in [-0.05, 0) is 63.4 Å². The van der Waals surface area contributed by atoms with E-state index < -0.39 is 0 Å². The van der Waals surface area contributed by atoms with E-state index in [-0.39, 0.29) is 38.4 Å². The number of thioether (sulfide) groups is 1. The maximum Gasteiger partial charge on any atom is 2.00 e. The van der Waals surface area contributed by atoms with E-state index in [0.717, 1.165) is 44.3 Å². The van der Waals surface area contributed by atoms with E-state index >= 15 is 0 Å². The van der Waals surface area contributed by atoms with Crippen LogP contribution in [0.2, 0.25) is 0 Å². The Labute approximate surface area is 320 Å². The van der Waals surface area contributed by atoms with Gasteiger partial charge in [-0.15, -0.1) is 52.6 Å². The van der Waals surface area contributed by atoms with Crippen LogP contribution in [0, 0.1) is 32.9 Å². The molecule has 0 N–H and O–H groups in total. The minimum absolute atomic E-state index is 0. The van der Waals surface area contributed by atoms with Gasteiger partial charge in [0.2, 0.25) is 0 Å². The van der Waals surface area contributed by atoms with Crippen molar-refractivity contribution in [2.45, 2.75) is 58.9 Å². The average Bonchev–Trinajstić information content (AvgIpc) is 3.72. The average molecular weight is 863 g/mol. The molecule has 0 saturated carbocycles. The van der Waals surface area contributed by atoms with Gasteiger partial charge in [-0.3, -0.25) is 0 Å². The standard InChI is InChI=1S/C46H41N3S.Pt/c1-29-17-20-41-38(23-29)36-19-18-34(39-26-35(21-22-47-39)46(4,5)6)25-43(36)49(41)42-27-37(30(2)24-31(42)3)45-48-40(28-50-45)44(32-13-9-7-10-14-32)33-15-11-8-12-16-33;/h7-24,26,40,44H,28H2,1-6H3;/q-2;+2/t40-;/m0./s1. The van der Waals surface area contributed by atoms with Crippen molar-refractivity contribution in [3.63, 3.8) is 0 Å². The number of aryl methyl sites for hydroxylation is 3. The Morgan fingerprint density at radius 1 is 0.765 bits per heavy atom. The first kappa shape index (κ1) is 35.2. The quantitative estimate of drug-likeness (QED) is 0.156. The maximum atomic E-state index is 5.47. The summed E-state index contributed by atoms with van der Waals surface area (Å²) in [5.41, 5.74) is 13.7. The van der Waals surface area contributed by atoms with Crippen molar-refractivity contribution < 1.29 is 21.1 Å². The van der Waals surface area contributed by atoms with Crippen LogP contribution >= 0.6 is 11.8 Å². The maximum absolute atomic E-state index is 5.47. The van der Waals surface area contributed by atoms with Gasteiger partial charge in [-0.25, -0.2) is 0 Å². The van der Waals surface area contributed by atoms with Gasteiger partial charge in [-0.1, -0.05) is 124 Å². The van der Waals surface area contributed by atoms with Gasteiger partial charge in [0.25, 0.3) is 0 Å². The largest absolute Gasteiger partial charge is 2.00 e. The van der Waals surface area contributed by atoms with E-state index in [4.69, 9.17) is 9.98 Å². The topological polar surface area (TPSA) is 30.2 Å². The third kappa shape index (κ3) is 6.65. The third-order valence-electron chi connectivity index (χ3n) is 9.99. The Morgan fingerprint density at radius 2 is 1.47 bits per heavy atom. The fourth-order valence-electron chi connectivity index (χ4n) is 7.37. The zero-order valence-electron chi connectivity index (χ0n) is 29.9. The summed E-state index contributed by atoms with van der Waals surface area (Å²) in [5, 5.41) is 3.46. The second kappa shape index (κ2) is 14.1. The fourth-order valence-corrected chi connectivity index (χ4v) is 8.53. The molecule has 256 valence electrons. The molecule has 51 heavy (non-hydrogen) atoms. The van der Waals surface area contributed by atoms with Crippen LogP contribution in [0.15, 0.2) is 120 Å². The van der Waals surface area contributed by atoms with Crippen molar-refractivity contribution in [1.29, 1.82) is 0 Å². The van der Waals surface area contributed by atoms with Gasteiger partial charge < -0.3 is 14.5 Å². The van der Waals surface area contributed by atoms with Crippen molar-refractivity contribution in [3.05, 3.63) is 166 Å². The van der Waals surface area contributed by atoms with E-state index in [1.54, 1.807) is 0 Å². The van der Waals surface area contributed by atoms with Crippen LogP contribution in [0.25, 0.3) is 38.8 Å². The molecule has 0 spiro atoms. The minimum Gasteiger partial charge on any atom is -0.346 e. The van der Waals surface area contributed by atoms with Crippen molar-refractivity contribution in [2.24, 2.45) is 4.99 Å². The number of fused-ring (bicyclic) bond motifs is 3. The molecule has 0 bridgehead atoms. The number of hydrogen-bond donors (Lipinski definition) is 0. The molecule has 1 aliphatic rings. The van der Waals surface area contributed by atoms with E-state index in [1.807, 2.05) is 18.0 Å². The number of nitrogens with zero attached hydrogens (tertiary/aromatic N) is 3. The van der Waals surface area contributed by atoms with Crippen LogP contribution in [0.1, 0.15) is 65.6 Å². The van der Waals surface area contributed by atoms with E-state index in [9.17, 15) is 0 Å². The number of aromatic nitrogens is 2. The molecule has 3 nitrogen and oxygen atoms in total. The van der Waals surface area contributed by atoms with Crippen molar-refractivity contribution in [3.8, 4) is 16.9 Å². The van der Waals surface area contributed by atoms with E-state index in [0.29, 0.717) is 0 Å². The van der Waals surface area contributed by atoms with Gasteiger partial charge in [0.1, 0.15) is 0 Å². The monoisotopic (exact) mass is 862 g/mol. The predicted molar refractivity (Wildman–Crippen MR) is 212 cm³/mol. The van der Waals surface area contributed by atoms with Gasteiger partial charge in [-0.2, -0.15) is 11.8 Å². The van der Waals surface area contributed by atoms with Crippen LogP contribution in [0.5, 0.6) is 0 Å². The fraction of sp³-hybridized carbons (Fsp3) is 0.217. The molecule has 0 amide bonds. The smallest absolute Gasteiger partial charge is 0.346 e. The van der Waals surface area contributed by atoms with Crippen LogP contribution in [0.3, 0.4) is 0 Å². The Hall–Kier alpha value is -4.24. The zero-order chi connectivity index (χ0) is 34.6. The summed E-state index contributed by atoms with van der Waals surface area (Å²) in [6.45, 7) is 13.3. The summed E-state index contributed by atoms with van der Waals surface area (Å²) >= 11 is 1.85. The molecule has 8 rings (SSSR count). The molecule has 2 aromatic heterocycles. The van der Waals surface area contributed by atoms with Crippen molar-refractivity contribution in [2.75, 3.05) is 5.75 Å². The second-order valence-electron chi connectivity index (χ2n) is 14.6. The molecular formula is C46H41N3PtS. The van der Waals surface area contributed by atoms with Crippen LogP contribution < -0.4 is 0 Å². The number of hydrogen-bond acceptors (Lipinski definition) is 3. The van der Waals surface area contributed by atoms with Gasteiger partial charge >= 0.3 is 21.1 Å². The Morgan fingerprint density at radius 3 is 2.16 bits per heavy atom. The molecule has 0 fully saturated rings. The first-order valence-corrected chi connectivity index (χ1v) is 18.4. The predicted octanol–water partition coefficient (Wildman–Crippen LogP) is 11.4. The van der Waals surface area contributed by atoms with Crippen molar-refractivity contribution >= 4 is 38.6 Å². The summed E-state index contributed by atoms with van der Waals surface area (Å²) in [4.78, 5) is 10.3. The molecule has 5 aromatic carbocycles. The molecule has 1 aliphatic heterocycles. The second-order valence-corrected chi connectivity index (χ2v) is 15.6. The van der Waals surface area contributed by atoms with Crippen LogP contribution in [-0.4, -0.2) is 26.4 Å². The van der Waals surface area contributed by atoms with Crippen molar-refractivity contribution in [1.82, 2.24) is 9.55 Å². The van der Waals surface area contributed by atoms with E-state index in [1.165, 1.54) is 44.2 Å². The normalized spacial score (nSPS) is 14.6. The first-order chi connectivity index (χ1) is 24.2. The zero-order valence-corrected chi connectivity index (χ0v) is 33.0. The van der Waals surface area contributed by atoms with Gasteiger partial charge in [0.15, 0.2) is 0 Å². The molecule has 7 aromatic rings. The summed E-state index contributed by atoms with van der Waals surface area (Å²) in [6, 6.07) is 47.3. The minimum atomic E-state index is 0.